The summed E-state index contributed by atoms with van der Waals surface area (Å²) in [6.45, 7) is 4.52. The van der Waals surface area contributed by atoms with Gasteiger partial charge in [0.05, 0.1) is 0 Å². The fraction of sp³-hybridized carbons (Fsp3) is 0.833. The van der Waals surface area contributed by atoms with Crippen molar-refractivity contribution in [2.45, 2.75) is 32.6 Å². The zero-order chi connectivity index (χ0) is 10.2. The van der Waals surface area contributed by atoms with Gasteiger partial charge in [0.25, 0.3) is 0 Å². The van der Waals surface area contributed by atoms with Gasteiger partial charge in [0.1, 0.15) is 0 Å². The van der Waals surface area contributed by atoms with Gasteiger partial charge in [0, 0.05) is 12.4 Å². The molecule has 0 heterocycles. The lowest BCUT2D eigenvalue weighted by atomic mass is 9.83. The number of allylic oxidation sites excluding steroid dienone is 1. The number of rotatable bonds is 5. The largest absolute Gasteiger partial charge is 0.313 e. The topological polar surface area (TPSA) is 12.0 Å². The summed E-state index contributed by atoms with van der Waals surface area (Å²) in [6.07, 6.45) is 9.77. The Bertz CT molecular complexity index is 160. The zero-order valence-electron chi connectivity index (χ0n) is 9.14. The van der Waals surface area contributed by atoms with Crippen molar-refractivity contribution in [1.29, 1.82) is 0 Å². The molecule has 0 aromatic heterocycles. The first-order valence-electron chi connectivity index (χ1n) is 5.74. The summed E-state index contributed by atoms with van der Waals surface area (Å²) < 4.78 is 0. The van der Waals surface area contributed by atoms with E-state index in [0.717, 1.165) is 18.4 Å². The van der Waals surface area contributed by atoms with E-state index in [1.165, 1.54) is 32.2 Å². The van der Waals surface area contributed by atoms with Crippen molar-refractivity contribution in [1.82, 2.24) is 5.32 Å². The molecule has 0 radical (unpaired) electrons. The van der Waals surface area contributed by atoms with Gasteiger partial charge in [0.15, 0.2) is 0 Å². The molecule has 1 fully saturated rings. The second-order valence-corrected chi connectivity index (χ2v) is 4.72. The number of nitrogens with one attached hydrogen (secondary N) is 1. The summed E-state index contributed by atoms with van der Waals surface area (Å²) in [4.78, 5) is 0. The van der Waals surface area contributed by atoms with Crippen LogP contribution in [0.3, 0.4) is 0 Å². The van der Waals surface area contributed by atoms with Crippen LogP contribution in [0, 0.1) is 11.8 Å². The third kappa shape index (κ3) is 5.02. The predicted molar refractivity (Wildman–Crippen MR) is 63.9 cm³/mol. The standard InChI is InChI=1S/C12H22ClN/c1-11-4-6-12(7-5-11)10-14-9-3-2-8-13/h2-3,11-12,14H,4-10H2,1H3/b3-2+. The van der Waals surface area contributed by atoms with Crippen molar-refractivity contribution in [3.63, 3.8) is 0 Å². The molecule has 0 atom stereocenters. The molecule has 0 aromatic rings. The van der Waals surface area contributed by atoms with E-state index in [0.29, 0.717) is 5.88 Å². The van der Waals surface area contributed by atoms with Gasteiger partial charge in [-0.3, -0.25) is 0 Å². The molecule has 82 valence electrons. The molecule has 1 aliphatic rings. The van der Waals surface area contributed by atoms with Crippen LogP contribution in [-0.4, -0.2) is 19.0 Å². The van der Waals surface area contributed by atoms with Crippen molar-refractivity contribution in [3.8, 4) is 0 Å². The molecular formula is C12H22ClN. The lowest BCUT2D eigenvalue weighted by molar-refractivity contribution is 0.284. The van der Waals surface area contributed by atoms with E-state index in [9.17, 15) is 0 Å². The molecule has 1 rings (SSSR count). The minimum atomic E-state index is 0.628. The Balaban J connectivity index is 1.99. The normalized spacial score (nSPS) is 28.4. The molecule has 0 saturated heterocycles. The first-order valence-corrected chi connectivity index (χ1v) is 6.28. The third-order valence-electron chi connectivity index (χ3n) is 3.09. The number of hydrogen-bond donors (Lipinski definition) is 1. The highest BCUT2D eigenvalue weighted by molar-refractivity contribution is 6.18. The smallest absolute Gasteiger partial charge is 0.0404 e. The monoisotopic (exact) mass is 215 g/mol. The van der Waals surface area contributed by atoms with E-state index in [1.54, 1.807) is 0 Å². The van der Waals surface area contributed by atoms with Gasteiger partial charge in [-0.1, -0.05) is 31.9 Å². The highest BCUT2D eigenvalue weighted by Crippen LogP contribution is 2.27. The summed E-state index contributed by atoms with van der Waals surface area (Å²) >= 11 is 5.53. The van der Waals surface area contributed by atoms with Crippen molar-refractivity contribution >= 4 is 11.6 Å². The Labute approximate surface area is 92.9 Å². The van der Waals surface area contributed by atoms with Crippen LogP contribution in [0.4, 0.5) is 0 Å². The molecule has 0 bridgehead atoms. The maximum atomic E-state index is 5.53. The van der Waals surface area contributed by atoms with E-state index in [2.05, 4.69) is 18.3 Å². The Morgan fingerprint density at radius 2 is 1.93 bits per heavy atom. The molecule has 0 aliphatic heterocycles. The Hall–Kier alpha value is -0.0100. The fourth-order valence-corrected chi connectivity index (χ4v) is 2.18. The maximum Gasteiger partial charge on any atom is 0.0404 e. The van der Waals surface area contributed by atoms with Crippen LogP contribution in [0.25, 0.3) is 0 Å². The summed E-state index contributed by atoms with van der Waals surface area (Å²) in [5, 5.41) is 3.46. The summed E-state index contributed by atoms with van der Waals surface area (Å²) in [7, 11) is 0. The van der Waals surface area contributed by atoms with Crippen molar-refractivity contribution in [2.24, 2.45) is 11.8 Å². The highest BCUT2D eigenvalue weighted by atomic mass is 35.5. The van der Waals surface area contributed by atoms with Gasteiger partial charge in [-0.2, -0.15) is 0 Å². The Morgan fingerprint density at radius 1 is 1.21 bits per heavy atom. The second-order valence-electron chi connectivity index (χ2n) is 4.41. The predicted octanol–water partition coefficient (Wildman–Crippen LogP) is 3.20. The Kier molecular flexibility index (Phi) is 6.29. The maximum absolute atomic E-state index is 5.53. The zero-order valence-corrected chi connectivity index (χ0v) is 9.89. The van der Waals surface area contributed by atoms with Crippen LogP contribution in [0.15, 0.2) is 12.2 Å². The summed E-state index contributed by atoms with van der Waals surface area (Å²) in [6, 6.07) is 0. The summed E-state index contributed by atoms with van der Waals surface area (Å²) in [5.74, 6) is 2.50. The molecule has 1 aliphatic carbocycles. The molecule has 1 N–H and O–H groups in total. The first kappa shape index (κ1) is 12.1. The molecular weight excluding hydrogens is 194 g/mol. The highest BCUT2D eigenvalue weighted by Gasteiger charge is 2.17. The Morgan fingerprint density at radius 3 is 2.57 bits per heavy atom. The average molecular weight is 216 g/mol. The molecule has 0 aromatic carbocycles. The van der Waals surface area contributed by atoms with E-state index in [1.807, 2.05) is 6.08 Å². The van der Waals surface area contributed by atoms with Crippen LogP contribution in [0.2, 0.25) is 0 Å². The van der Waals surface area contributed by atoms with E-state index in [-0.39, 0.29) is 0 Å². The number of alkyl halides is 1. The molecule has 1 nitrogen and oxygen atoms in total. The van der Waals surface area contributed by atoms with Crippen molar-refractivity contribution in [2.75, 3.05) is 19.0 Å². The average Bonchev–Trinajstić information content (AvgIpc) is 2.21. The van der Waals surface area contributed by atoms with Gasteiger partial charge >= 0.3 is 0 Å². The molecule has 0 unspecified atom stereocenters. The van der Waals surface area contributed by atoms with Gasteiger partial charge in [-0.05, 0) is 31.2 Å². The number of halogens is 1. The quantitative estimate of drug-likeness (QED) is 0.422. The fourth-order valence-electron chi connectivity index (χ4n) is 2.05. The molecule has 2 heteroatoms. The van der Waals surface area contributed by atoms with Crippen LogP contribution >= 0.6 is 11.6 Å². The van der Waals surface area contributed by atoms with Gasteiger partial charge < -0.3 is 5.32 Å². The molecule has 1 saturated carbocycles. The van der Waals surface area contributed by atoms with Crippen LogP contribution < -0.4 is 5.32 Å². The SMILES string of the molecule is CC1CCC(CNC/C=C/CCl)CC1. The van der Waals surface area contributed by atoms with Gasteiger partial charge in [0.2, 0.25) is 0 Å². The lowest BCUT2D eigenvalue weighted by Crippen LogP contribution is -2.26. The van der Waals surface area contributed by atoms with Crippen LogP contribution in [0.1, 0.15) is 32.6 Å². The van der Waals surface area contributed by atoms with Gasteiger partial charge in [-0.15, -0.1) is 11.6 Å². The number of hydrogen-bond acceptors (Lipinski definition) is 1. The minimum Gasteiger partial charge on any atom is -0.313 e. The minimum absolute atomic E-state index is 0.628. The lowest BCUT2D eigenvalue weighted by Gasteiger charge is -2.26. The third-order valence-corrected chi connectivity index (χ3v) is 3.26. The van der Waals surface area contributed by atoms with Crippen LogP contribution in [-0.2, 0) is 0 Å². The summed E-state index contributed by atoms with van der Waals surface area (Å²) in [5.41, 5.74) is 0. The molecule has 0 amide bonds. The first-order chi connectivity index (χ1) is 6.83. The van der Waals surface area contributed by atoms with E-state index >= 15 is 0 Å². The second kappa shape index (κ2) is 7.30. The van der Waals surface area contributed by atoms with Crippen molar-refractivity contribution in [3.05, 3.63) is 12.2 Å². The molecule has 0 spiro atoms. The van der Waals surface area contributed by atoms with Crippen LogP contribution in [0.5, 0.6) is 0 Å². The van der Waals surface area contributed by atoms with E-state index < -0.39 is 0 Å². The van der Waals surface area contributed by atoms with Crippen molar-refractivity contribution < 1.29 is 0 Å². The van der Waals surface area contributed by atoms with E-state index in [4.69, 9.17) is 11.6 Å². The molecule has 14 heavy (non-hydrogen) atoms. The van der Waals surface area contributed by atoms with Gasteiger partial charge in [-0.25, -0.2) is 0 Å².